The van der Waals surface area contributed by atoms with E-state index in [1.807, 2.05) is 6.07 Å². The summed E-state index contributed by atoms with van der Waals surface area (Å²) in [5, 5.41) is 0. The summed E-state index contributed by atoms with van der Waals surface area (Å²) >= 11 is 2.25. The lowest BCUT2D eigenvalue weighted by Crippen LogP contribution is -2.20. The maximum atomic E-state index is 12.0. The Labute approximate surface area is 111 Å². The molecular formula is C12H10IN3O. The van der Waals surface area contributed by atoms with Crippen LogP contribution in [-0.2, 0) is 12.8 Å². The van der Waals surface area contributed by atoms with Crippen LogP contribution in [-0.4, -0.2) is 9.97 Å². The topological polar surface area (TPSA) is 71.8 Å². The summed E-state index contributed by atoms with van der Waals surface area (Å²) in [7, 11) is 0. The zero-order valence-corrected chi connectivity index (χ0v) is 11.1. The van der Waals surface area contributed by atoms with Crippen molar-refractivity contribution < 1.29 is 0 Å². The first-order chi connectivity index (χ1) is 8.15. The van der Waals surface area contributed by atoms with Crippen LogP contribution >= 0.6 is 22.6 Å². The van der Waals surface area contributed by atoms with Crippen LogP contribution in [0.3, 0.4) is 0 Å². The van der Waals surface area contributed by atoms with Crippen molar-refractivity contribution in [1.82, 2.24) is 9.97 Å². The lowest BCUT2D eigenvalue weighted by Gasteiger charge is -2.18. The molecule has 2 aromatic rings. The molecule has 3 rings (SSSR count). The van der Waals surface area contributed by atoms with Gasteiger partial charge in [0.05, 0.1) is 11.3 Å². The molecule has 1 aromatic carbocycles. The lowest BCUT2D eigenvalue weighted by molar-refractivity contribution is 0.880. The lowest BCUT2D eigenvalue weighted by atomic mass is 9.89. The minimum atomic E-state index is -0.143. The second-order valence-corrected chi connectivity index (χ2v) is 5.32. The van der Waals surface area contributed by atoms with Gasteiger partial charge in [0.2, 0.25) is 5.95 Å². The van der Waals surface area contributed by atoms with Crippen molar-refractivity contribution in [2.24, 2.45) is 0 Å². The Morgan fingerprint density at radius 3 is 3.00 bits per heavy atom. The molecule has 0 saturated heterocycles. The molecule has 4 nitrogen and oxygen atoms in total. The van der Waals surface area contributed by atoms with Gasteiger partial charge in [-0.3, -0.25) is 9.78 Å². The summed E-state index contributed by atoms with van der Waals surface area (Å²) in [6.45, 7) is 0. The molecule has 3 N–H and O–H groups in total. The van der Waals surface area contributed by atoms with Crippen LogP contribution in [0.1, 0.15) is 11.3 Å². The van der Waals surface area contributed by atoms with Crippen LogP contribution in [0.15, 0.2) is 23.0 Å². The molecule has 1 aliphatic carbocycles. The van der Waals surface area contributed by atoms with E-state index in [0.29, 0.717) is 5.56 Å². The first-order valence-corrected chi connectivity index (χ1v) is 6.40. The van der Waals surface area contributed by atoms with Crippen LogP contribution < -0.4 is 11.3 Å². The van der Waals surface area contributed by atoms with Crippen molar-refractivity contribution >= 4 is 28.5 Å². The van der Waals surface area contributed by atoms with E-state index in [9.17, 15) is 4.79 Å². The van der Waals surface area contributed by atoms with Crippen molar-refractivity contribution in [2.75, 3.05) is 5.73 Å². The summed E-state index contributed by atoms with van der Waals surface area (Å²) in [5.41, 5.74) is 9.10. The highest BCUT2D eigenvalue weighted by Gasteiger charge is 2.20. The minimum Gasteiger partial charge on any atom is -0.369 e. The number of nitrogen functional groups attached to an aromatic ring is 1. The zero-order chi connectivity index (χ0) is 12.0. The normalized spacial score (nSPS) is 13.0. The smallest absolute Gasteiger partial charge is 0.260 e. The Balaban J connectivity index is 2.36. The molecule has 1 heterocycles. The summed E-state index contributed by atoms with van der Waals surface area (Å²) in [6.07, 6.45) is 1.69. The van der Waals surface area contributed by atoms with Gasteiger partial charge in [0.1, 0.15) is 0 Å². The average Bonchev–Trinajstić information content (AvgIpc) is 2.27. The van der Waals surface area contributed by atoms with E-state index >= 15 is 0 Å². The number of anilines is 1. The van der Waals surface area contributed by atoms with Crippen molar-refractivity contribution in [1.29, 1.82) is 0 Å². The fraction of sp³-hybridized carbons (Fsp3) is 0.167. The second-order valence-electron chi connectivity index (χ2n) is 4.07. The second kappa shape index (κ2) is 3.83. The molecule has 0 atom stereocenters. The number of nitrogens with one attached hydrogen (secondary N) is 1. The number of hydrogen-bond donors (Lipinski definition) is 2. The third-order valence-electron chi connectivity index (χ3n) is 2.99. The summed E-state index contributed by atoms with van der Waals surface area (Å²) in [6, 6.07) is 6.17. The van der Waals surface area contributed by atoms with Crippen LogP contribution in [0.4, 0.5) is 5.95 Å². The number of rotatable bonds is 0. The van der Waals surface area contributed by atoms with Gasteiger partial charge in [-0.1, -0.05) is 6.07 Å². The van der Waals surface area contributed by atoms with Crippen LogP contribution in [0.25, 0.3) is 11.1 Å². The van der Waals surface area contributed by atoms with Crippen molar-refractivity contribution in [3.63, 3.8) is 0 Å². The molecule has 0 amide bonds. The Hall–Kier alpha value is -1.37. The first kappa shape index (κ1) is 10.8. The summed E-state index contributed by atoms with van der Waals surface area (Å²) < 4.78 is 1.12. The fourth-order valence-electron chi connectivity index (χ4n) is 2.25. The van der Waals surface area contributed by atoms with E-state index < -0.39 is 0 Å². The molecule has 0 fully saturated rings. The van der Waals surface area contributed by atoms with Gasteiger partial charge in [-0.15, -0.1) is 0 Å². The predicted octanol–water partition coefficient (Wildman–Crippen LogP) is 1.72. The number of aromatic amines is 1. The molecule has 0 unspecified atom stereocenters. The van der Waals surface area contributed by atoms with Gasteiger partial charge in [-0.2, -0.15) is 0 Å². The van der Waals surface area contributed by atoms with Gasteiger partial charge in [-0.05, 0) is 58.7 Å². The van der Waals surface area contributed by atoms with Crippen molar-refractivity contribution in [3.8, 4) is 11.1 Å². The highest BCUT2D eigenvalue weighted by atomic mass is 127. The minimum absolute atomic E-state index is 0.143. The van der Waals surface area contributed by atoms with E-state index in [1.165, 1.54) is 5.56 Å². The average molecular weight is 339 g/mol. The quantitative estimate of drug-likeness (QED) is 0.718. The molecule has 0 bridgehead atoms. The largest absolute Gasteiger partial charge is 0.369 e. The van der Waals surface area contributed by atoms with E-state index in [2.05, 4.69) is 44.7 Å². The van der Waals surface area contributed by atoms with E-state index in [4.69, 9.17) is 5.73 Å². The zero-order valence-electron chi connectivity index (χ0n) is 8.96. The van der Waals surface area contributed by atoms with Gasteiger partial charge in [0.25, 0.3) is 5.56 Å². The molecule has 5 heteroatoms. The Kier molecular flexibility index (Phi) is 2.43. The molecular weight excluding hydrogens is 329 g/mol. The van der Waals surface area contributed by atoms with E-state index in [1.54, 1.807) is 0 Å². The van der Waals surface area contributed by atoms with Gasteiger partial charge < -0.3 is 5.73 Å². The molecule has 0 saturated carbocycles. The number of H-pyrrole nitrogens is 1. The Bertz CT molecular complexity index is 663. The first-order valence-electron chi connectivity index (χ1n) is 5.32. The number of nitrogens with zero attached hydrogens (tertiary/aromatic N) is 1. The maximum absolute atomic E-state index is 12.0. The van der Waals surface area contributed by atoms with Gasteiger partial charge >= 0.3 is 0 Å². The van der Waals surface area contributed by atoms with E-state index in [0.717, 1.165) is 27.7 Å². The molecule has 0 spiro atoms. The monoisotopic (exact) mass is 339 g/mol. The van der Waals surface area contributed by atoms with Crippen LogP contribution in [0.5, 0.6) is 0 Å². The van der Waals surface area contributed by atoms with Crippen molar-refractivity contribution in [2.45, 2.75) is 12.8 Å². The Morgan fingerprint density at radius 2 is 2.18 bits per heavy atom. The van der Waals surface area contributed by atoms with Gasteiger partial charge in [0.15, 0.2) is 0 Å². The summed E-state index contributed by atoms with van der Waals surface area (Å²) in [4.78, 5) is 18.8. The SMILES string of the molecule is Nc1nc2c(c(=O)[nH]1)-c1cc(I)ccc1CC2. The molecule has 0 aliphatic heterocycles. The number of aromatic nitrogens is 2. The number of halogens is 1. The van der Waals surface area contributed by atoms with Crippen LogP contribution in [0.2, 0.25) is 0 Å². The molecule has 1 aromatic heterocycles. The van der Waals surface area contributed by atoms with Gasteiger partial charge in [-0.25, -0.2) is 4.98 Å². The fourth-order valence-corrected chi connectivity index (χ4v) is 2.74. The molecule has 0 radical (unpaired) electrons. The van der Waals surface area contributed by atoms with Crippen molar-refractivity contribution in [3.05, 3.63) is 43.4 Å². The summed E-state index contributed by atoms with van der Waals surface area (Å²) in [5.74, 6) is 0.197. The highest BCUT2D eigenvalue weighted by Crippen LogP contribution is 2.31. The standard InChI is InChI=1S/C12H10IN3O/c13-7-3-1-6-2-4-9-10(8(6)5-7)11(17)16-12(14)15-9/h1,3,5H,2,4H2,(H3,14,15,16,17). The number of hydrogen-bond acceptors (Lipinski definition) is 3. The highest BCUT2D eigenvalue weighted by molar-refractivity contribution is 14.1. The molecule has 17 heavy (non-hydrogen) atoms. The predicted molar refractivity (Wildman–Crippen MR) is 74.8 cm³/mol. The third kappa shape index (κ3) is 1.74. The number of fused-ring (bicyclic) bond motifs is 3. The third-order valence-corrected chi connectivity index (χ3v) is 3.66. The molecule has 86 valence electrons. The maximum Gasteiger partial charge on any atom is 0.260 e. The number of benzene rings is 1. The van der Waals surface area contributed by atoms with Crippen LogP contribution in [0, 0.1) is 3.57 Å². The number of nitrogens with two attached hydrogens (primary N) is 1. The molecule has 1 aliphatic rings. The van der Waals surface area contributed by atoms with Gasteiger partial charge in [0, 0.05) is 3.57 Å². The Morgan fingerprint density at radius 1 is 1.35 bits per heavy atom. The van der Waals surface area contributed by atoms with E-state index in [-0.39, 0.29) is 11.5 Å². The number of aryl methyl sites for hydroxylation is 2.